The first kappa shape index (κ1) is 10.1. The quantitative estimate of drug-likeness (QED) is 0.456. The van der Waals surface area contributed by atoms with Crippen LogP contribution in [0.25, 0.3) is 0 Å². The zero-order valence-corrected chi connectivity index (χ0v) is 9.55. The molecule has 0 atom stereocenters. The van der Waals surface area contributed by atoms with Crippen LogP contribution in [0.3, 0.4) is 0 Å². The zero-order valence-electron chi connectivity index (χ0n) is 7.39. The molecular weight excluding hydrogens is 279 g/mol. The van der Waals surface area contributed by atoms with Crippen LogP contribution in [0.15, 0.2) is 0 Å². The summed E-state index contributed by atoms with van der Waals surface area (Å²) in [6, 6.07) is 0. The molecule has 0 heterocycles. The third-order valence-electron chi connectivity index (χ3n) is 1.97. The van der Waals surface area contributed by atoms with Crippen molar-refractivity contribution < 1.29 is 0 Å². The summed E-state index contributed by atoms with van der Waals surface area (Å²) in [5.41, 5.74) is 25.7. The Morgan fingerprint density at radius 1 is 0.923 bits per heavy atom. The number of halogens is 1. The topological polar surface area (TPSA) is 104 Å². The molecule has 0 spiro atoms. The lowest BCUT2D eigenvalue weighted by Crippen LogP contribution is -2.08. The van der Waals surface area contributed by atoms with Crippen LogP contribution in [0, 0.1) is 10.5 Å². The van der Waals surface area contributed by atoms with Crippen molar-refractivity contribution in [2.45, 2.75) is 6.92 Å². The molecule has 1 rings (SSSR count). The summed E-state index contributed by atoms with van der Waals surface area (Å²) in [4.78, 5) is 0. The minimum absolute atomic E-state index is 0.371. The Bertz CT molecular complexity index is 344. The molecule has 4 nitrogen and oxygen atoms in total. The highest BCUT2D eigenvalue weighted by molar-refractivity contribution is 14.2. The predicted octanol–water partition coefficient (Wildman–Crippen LogP) is 0.896. The molecule has 0 aliphatic carbocycles. The summed E-state index contributed by atoms with van der Waals surface area (Å²) >= 11 is -0.371. The van der Waals surface area contributed by atoms with Gasteiger partial charge in [-0.2, -0.15) is 0 Å². The van der Waals surface area contributed by atoms with Crippen molar-refractivity contribution in [1.82, 2.24) is 0 Å². The smallest absolute Gasteiger partial charge is 0.0813 e. The minimum Gasteiger partial charge on any atom is -0.397 e. The Balaban J connectivity index is 3.66. The van der Waals surface area contributed by atoms with Gasteiger partial charge in [-0.05, 0) is 12.5 Å². The Morgan fingerprint density at radius 3 is 1.85 bits per heavy atom. The number of benzene rings is 1. The minimum atomic E-state index is -0.371. The number of nitrogens with two attached hydrogens (primary N) is 4. The van der Waals surface area contributed by atoms with Gasteiger partial charge in [-0.3, -0.25) is 0 Å². The van der Waals surface area contributed by atoms with E-state index in [1.54, 1.807) is 0 Å². The van der Waals surface area contributed by atoms with E-state index in [4.69, 9.17) is 22.9 Å². The molecule has 72 valence electrons. The SMILES string of the molecule is C=Ic1c(C)c(N)c(N)c(N)c1N. The second-order valence-electron chi connectivity index (χ2n) is 2.73. The van der Waals surface area contributed by atoms with Crippen LogP contribution in [-0.2, 0) is 0 Å². The Morgan fingerprint density at radius 2 is 1.38 bits per heavy atom. The third kappa shape index (κ3) is 1.43. The van der Waals surface area contributed by atoms with Crippen LogP contribution in [-0.4, -0.2) is 4.51 Å². The second-order valence-corrected chi connectivity index (χ2v) is 4.57. The van der Waals surface area contributed by atoms with Gasteiger partial charge in [0.05, 0.1) is 22.7 Å². The number of hydrogen-bond donors (Lipinski definition) is 4. The lowest BCUT2D eigenvalue weighted by Gasteiger charge is -2.13. The van der Waals surface area contributed by atoms with Gasteiger partial charge in [0.2, 0.25) is 0 Å². The molecule has 1 aromatic carbocycles. The fourth-order valence-corrected chi connectivity index (χ4v) is 2.67. The Labute approximate surface area is 87.0 Å². The van der Waals surface area contributed by atoms with E-state index < -0.39 is 0 Å². The van der Waals surface area contributed by atoms with E-state index in [0.29, 0.717) is 22.7 Å². The van der Waals surface area contributed by atoms with E-state index in [1.165, 1.54) is 0 Å². The number of rotatable bonds is 1. The van der Waals surface area contributed by atoms with E-state index in [1.807, 2.05) is 6.92 Å². The lowest BCUT2D eigenvalue weighted by atomic mass is 10.1. The number of nitrogen functional groups attached to an aromatic ring is 4. The molecule has 0 aromatic heterocycles. The third-order valence-corrected chi connectivity index (χ3v) is 4.13. The van der Waals surface area contributed by atoms with Gasteiger partial charge in [0.25, 0.3) is 0 Å². The first-order valence-corrected chi connectivity index (χ1v) is 6.22. The summed E-state index contributed by atoms with van der Waals surface area (Å²) in [6.07, 6.45) is 0. The van der Waals surface area contributed by atoms with E-state index in [-0.39, 0.29) is 20.7 Å². The van der Waals surface area contributed by atoms with Crippen LogP contribution in [0.1, 0.15) is 5.56 Å². The highest BCUT2D eigenvalue weighted by atomic mass is 127. The maximum Gasteiger partial charge on any atom is 0.0813 e. The standard InChI is InChI=1S/C8H13IN4/c1-3-4(9-2)6(11)8(13)7(12)5(3)10/h2,10-13H2,1H3. The fourth-order valence-electron chi connectivity index (χ4n) is 1.10. The summed E-state index contributed by atoms with van der Waals surface area (Å²) in [5, 5.41) is 0. The number of anilines is 4. The molecule has 8 N–H and O–H groups in total. The van der Waals surface area contributed by atoms with Crippen molar-refractivity contribution in [3.8, 4) is 0 Å². The van der Waals surface area contributed by atoms with Gasteiger partial charge in [-0.1, -0.05) is 25.2 Å². The predicted molar refractivity (Wildman–Crippen MR) is 68.7 cm³/mol. The first-order valence-electron chi connectivity index (χ1n) is 3.61. The van der Waals surface area contributed by atoms with Crippen molar-refractivity contribution in [3.63, 3.8) is 0 Å². The monoisotopic (exact) mass is 292 g/mol. The summed E-state index contributed by atoms with van der Waals surface area (Å²) in [6.45, 7) is 1.89. The van der Waals surface area contributed by atoms with Crippen molar-refractivity contribution in [2.24, 2.45) is 0 Å². The summed E-state index contributed by atoms with van der Waals surface area (Å²) in [7, 11) is 0. The van der Waals surface area contributed by atoms with Crippen LogP contribution in [0.4, 0.5) is 22.7 Å². The van der Waals surface area contributed by atoms with E-state index in [9.17, 15) is 0 Å². The molecule has 0 saturated heterocycles. The second kappa shape index (κ2) is 3.41. The van der Waals surface area contributed by atoms with E-state index in [0.717, 1.165) is 9.13 Å². The van der Waals surface area contributed by atoms with Crippen LogP contribution >= 0.6 is 20.7 Å². The Kier molecular flexibility index (Phi) is 2.65. The van der Waals surface area contributed by atoms with Gasteiger partial charge in [-0.15, -0.1) is 0 Å². The molecule has 0 unspecified atom stereocenters. The van der Waals surface area contributed by atoms with Crippen molar-refractivity contribution >= 4 is 48.0 Å². The maximum absolute atomic E-state index is 5.79. The van der Waals surface area contributed by atoms with Gasteiger partial charge in [0, 0.05) is 3.57 Å². The van der Waals surface area contributed by atoms with Crippen molar-refractivity contribution in [3.05, 3.63) is 9.13 Å². The van der Waals surface area contributed by atoms with Crippen molar-refractivity contribution in [1.29, 1.82) is 0 Å². The average Bonchev–Trinajstić information content (AvgIpc) is 2.13. The van der Waals surface area contributed by atoms with E-state index in [2.05, 4.69) is 4.51 Å². The van der Waals surface area contributed by atoms with Gasteiger partial charge in [0.15, 0.2) is 0 Å². The number of hydrogen-bond acceptors (Lipinski definition) is 4. The fraction of sp³-hybridized carbons (Fsp3) is 0.125. The summed E-state index contributed by atoms with van der Waals surface area (Å²) in [5.74, 6) is 0. The highest BCUT2D eigenvalue weighted by Crippen LogP contribution is 2.37. The molecule has 0 saturated carbocycles. The molecule has 0 bridgehead atoms. The first-order chi connectivity index (χ1) is 6.00. The maximum atomic E-state index is 5.79. The van der Waals surface area contributed by atoms with Crippen molar-refractivity contribution in [2.75, 3.05) is 22.9 Å². The largest absolute Gasteiger partial charge is 0.397 e. The molecule has 0 amide bonds. The Hall–Kier alpha value is -0.980. The molecule has 0 aliphatic heterocycles. The molecule has 0 aliphatic rings. The van der Waals surface area contributed by atoms with Crippen LogP contribution in [0.2, 0.25) is 0 Å². The van der Waals surface area contributed by atoms with Gasteiger partial charge < -0.3 is 22.9 Å². The molecule has 1 aromatic rings. The van der Waals surface area contributed by atoms with Gasteiger partial charge >= 0.3 is 0 Å². The van der Waals surface area contributed by atoms with Crippen LogP contribution < -0.4 is 22.9 Å². The highest BCUT2D eigenvalue weighted by Gasteiger charge is 2.12. The molecular formula is C8H13IN4. The van der Waals surface area contributed by atoms with Gasteiger partial charge in [-0.25, -0.2) is 0 Å². The van der Waals surface area contributed by atoms with Crippen LogP contribution in [0.5, 0.6) is 0 Å². The van der Waals surface area contributed by atoms with E-state index >= 15 is 0 Å². The lowest BCUT2D eigenvalue weighted by molar-refractivity contribution is 1.43. The molecule has 0 radical (unpaired) electrons. The molecule has 0 fully saturated rings. The molecule has 13 heavy (non-hydrogen) atoms. The van der Waals surface area contributed by atoms with Gasteiger partial charge in [0.1, 0.15) is 0 Å². The molecule has 5 heteroatoms. The normalized spacial score (nSPS) is 10.2. The summed E-state index contributed by atoms with van der Waals surface area (Å²) < 4.78 is 4.86. The average molecular weight is 292 g/mol. The zero-order chi connectivity index (χ0) is 10.2.